The zero-order valence-corrected chi connectivity index (χ0v) is 10.7. The lowest BCUT2D eigenvalue weighted by atomic mass is 10.1. The minimum absolute atomic E-state index is 0.00594. The molecule has 0 heterocycles. The van der Waals surface area contributed by atoms with Crippen LogP contribution in [0.15, 0.2) is 36.4 Å². The molecule has 0 unspecified atom stereocenters. The van der Waals surface area contributed by atoms with Crippen LogP contribution in [0.3, 0.4) is 0 Å². The lowest BCUT2D eigenvalue weighted by Crippen LogP contribution is -2.24. The minimum Gasteiger partial charge on any atom is -0.348 e. The Balaban J connectivity index is 2.13. The van der Waals surface area contributed by atoms with Gasteiger partial charge >= 0.3 is 0 Å². The molecule has 2 nitrogen and oxygen atoms in total. The Kier molecular flexibility index (Phi) is 4.08. The quantitative estimate of drug-likeness (QED) is 0.917. The summed E-state index contributed by atoms with van der Waals surface area (Å²) in [6.45, 7) is 1.33. The largest absolute Gasteiger partial charge is 0.348 e. The summed E-state index contributed by atoms with van der Waals surface area (Å²) in [4.78, 5) is 11.8. The standard InChI is InChI=1S/C15H12F3NO/c1-9-3-2-4-12(14(9)18)15(20)19-8-10-7-11(16)5-6-13(10)17/h2-7H,8H2,1H3,(H,19,20). The molecule has 0 aliphatic carbocycles. The molecule has 2 aromatic carbocycles. The minimum atomic E-state index is -0.671. The van der Waals surface area contributed by atoms with Gasteiger partial charge in [0.25, 0.3) is 5.91 Å². The van der Waals surface area contributed by atoms with E-state index in [1.54, 1.807) is 19.1 Å². The van der Waals surface area contributed by atoms with Crippen molar-refractivity contribution in [2.24, 2.45) is 0 Å². The predicted octanol–water partition coefficient (Wildman–Crippen LogP) is 3.34. The fourth-order valence-electron chi connectivity index (χ4n) is 1.77. The van der Waals surface area contributed by atoms with E-state index >= 15 is 0 Å². The number of nitrogens with one attached hydrogen (secondary N) is 1. The smallest absolute Gasteiger partial charge is 0.254 e. The molecule has 1 amide bonds. The van der Waals surface area contributed by atoms with Crippen molar-refractivity contribution in [3.8, 4) is 0 Å². The van der Waals surface area contributed by atoms with E-state index in [4.69, 9.17) is 0 Å². The summed E-state index contributed by atoms with van der Waals surface area (Å²) >= 11 is 0. The van der Waals surface area contributed by atoms with Crippen LogP contribution in [0.25, 0.3) is 0 Å². The van der Waals surface area contributed by atoms with Gasteiger partial charge in [-0.25, -0.2) is 13.2 Å². The number of halogens is 3. The van der Waals surface area contributed by atoms with Crippen LogP contribution in [-0.4, -0.2) is 5.91 Å². The van der Waals surface area contributed by atoms with Crippen molar-refractivity contribution >= 4 is 5.91 Å². The van der Waals surface area contributed by atoms with Gasteiger partial charge in [0.05, 0.1) is 5.56 Å². The zero-order valence-electron chi connectivity index (χ0n) is 10.7. The van der Waals surface area contributed by atoms with Gasteiger partial charge in [-0.3, -0.25) is 4.79 Å². The first-order valence-corrected chi connectivity index (χ1v) is 5.96. The van der Waals surface area contributed by atoms with Gasteiger partial charge in [-0.05, 0) is 36.8 Å². The Bertz CT molecular complexity index is 656. The molecular weight excluding hydrogens is 267 g/mol. The molecular formula is C15H12F3NO. The number of benzene rings is 2. The first kappa shape index (κ1) is 14.1. The Morgan fingerprint density at radius 2 is 1.90 bits per heavy atom. The summed E-state index contributed by atoms with van der Waals surface area (Å²) in [6.07, 6.45) is 0. The molecule has 0 fully saturated rings. The van der Waals surface area contributed by atoms with Crippen LogP contribution in [-0.2, 0) is 6.54 Å². The molecule has 20 heavy (non-hydrogen) atoms. The lowest BCUT2D eigenvalue weighted by molar-refractivity contribution is 0.0946. The van der Waals surface area contributed by atoms with Crippen LogP contribution in [0.2, 0.25) is 0 Å². The van der Waals surface area contributed by atoms with E-state index in [-0.39, 0.29) is 17.7 Å². The molecule has 1 N–H and O–H groups in total. The second-order valence-electron chi connectivity index (χ2n) is 4.35. The average molecular weight is 279 g/mol. The third kappa shape index (κ3) is 2.99. The van der Waals surface area contributed by atoms with Gasteiger partial charge in [0, 0.05) is 12.1 Å². The lowest BCUT2D eigenvalue weighted by Gasteiger charge is -2.08. The fraction of sp³-hybridized carbons (Fsp3) is 0.133. The summed E-state index contributed by atoms with van der Waals surface area (Å²) < 4.78 is 40.1. The number of rotatable bonds is 3. The van der Waals surface area contributed by atoms with Crippen LogP contribution in [0.1, 0.15) is 21.5 Å². The van der Waals surface area contributed by atoms with Crippen molar-refractivity contribution in [2.75, 3.05) is 0 Å². The molecule has 0 aromatic heterocycles. The topological polar surface area (TPSA) is 29.1 Å². The first-order chi connectivity index (χ1) is 9.49. The van der Waals surface area contributed by atoms with Crippen LogP contribution < -0.4 is 5.32 Å². The van der Waals surface area contributed by atoms with Gasteiger partial charge in [0.15, 0.2) is 0 Å². The molecule has 0 aliphatic heterocycles. The van der Waals surface area contributed by atoms with Crippen molar-refractivity contribution in [3.05, 3.63) is 70.5 Å². The highest BCUT2D eigenvalue weighted by Crippen LogP contribution is 2.13. The monoisotopic (exact) mass is 279 g/mol. The van der Waals surface area contributed by atoms with Gasteiger partial charge in [-0.1, -0.05) is 12.1 Å². The fourth-order valence-corrected chi connectivity index (χ4v) is 1.77. The highest BCUT2D eigenvalue weighted by atomic mass is 19.1. The van der Waals surface area contributed by atoms with Crippen LogP contribution in [0.4, 0.5) is 13.2 Å². The molecule has 2 rings (SSSR count). The van der Waals surface area contributed by atoms with Crippen molar-refractivity contribution in [3.63, 3.8) is 0 Å². The predicted molar refractivity (Wildman–Crippen MR) is 68.7 cm³/mol. The van der Waals surface area contributed by atoms with Crippen molar-refractivity contribution < 1.29 is 18.0 Å². The number of carbonyl (C=O) groups excluding carboxylic acids is 1. The summed E-state index contributed by atoms with van der Waals surface area (Å²) in [5.74, 6) is -2.52. The van der Waals surface area contributed by atoms with E-state index in [0.717, 1.165) is 18.2 Å². The number of aryl methyl sites for hydroxylation is 1. The SMILES string of the molecule is Cc1cccc(C(=O)NCc2cc(F)ccc2F)c1F. The third-order valence-corrected chi connectivity index (χ3v) is 2.88. The molecule has 0 saturated carbocycles. The van der Waals surface area contributed by atoms with E-state index in [1.165, 1.54) is 6.07 Å². The maximum Gasteiger partial charge on any atom is 0.254 e. The van der Waals surface area contributed by atoms with Crippen molar-refractivity contribution in [1.82, 2.24) is 5.32 Å². The highest BCUT2D eigenvalue weighted by molar-refractivity contribution is 5.94. The number of carbonyl (C=O) groups is 1. The number of amides is 1. The van der Waals surface area contributed by atoms with Crippen LogP contribution >= 0.6 is 0 Å². The molecule has 0 radical (unpaired) electrons. The summed E-state index contributed by atoms with van der Waals surface area (Å²) in [5, 5.41) is 2.37. The highest BCUT2D eigenvalue weighted by Gasteiger charge is 2.13. The van der Waals surface area contributed by atoms with Crippen LogP contribution in [0, 0.1) is 24.4 Å². The third-order valence-electron chi connectivity index (χ3n) is 2.88. The Morgan fingerprint density at radius 3 is 2.65 bits per heavy atom. The number of hydrogen-bond acceptors (Lipinski definition) is 1. The van der Waals surface area contributed by atoms with Gasteiger partial charge in [-0.15, -0.1) is 0 Å². The van der Waals surface area contributed by atoms with Gasteiger partial charge < -0.3 is 5.32 Å². The van der Waals surface area contributed by atoms with E-state index in [9.17, 15) is 18.0 Å². The Labute approximate surface area is 114 Å². The number of hydrogen-bond donors (Lipinski definition) is 1. The zero-order chi connectivity index (χ0) is 14.7. The van der Waals surface area contributed by atoms with Gasteiger partial charge in [0.1, 0.15) is 17.5 Å². The maximum atomic E-state index is 13.7. The molecule has 0 bridgehead atoms. The Morgan fingerprint density at radius 1 is 1.15 bits per heavy atom. The van der Waals surface area contributed by atoms with Gasteiger partial charge in [-0.2, -0.15) is 0 Å². The normalized spacial score (nSPS) is 10.4. The summed E-state index contributed by atoms with van der Waals surface area (Å²) in [5.41, 5.74) is 0.225. The Hall–Kier alpha value is -2.30. The van der Waals surface area contributed by atoms with Crippen molar-refractivity contribution in [1.29, 1.82) is 0 Å². The molecule has 0 aliphatic rings. The second-order valence-corrected chi connectivity index (χ2v) is 4.35. The maximum absolute atomic E-state index is 13.7. The van der Waals surface area contributed by atoms with E-state index in [0.29, 0.717) is 5.56 Å². The van der Waals surface area contributed by atoms with E-state index in [2.05, 4.69) is 5.32 Å². The van der Waals surface area contributed by atoms with E-state index < -0.39 is 23.4 Å². The van der Waals surface area contributed by atoms with Gasteiger partial charge in [0.2, 0.25) is 0 Å². The molecule has 0 spiro atoms. The van der Waals surface area contributed by atoms with Crippen molar-refractivity contribution in [2.45, 2.75) is 13.5 Å². The average Bonchev–Trinajstić information content (AvgIpc) is 2.42. The molecule has 5 heteroatoms. The first-order valence-electron chi connectivity index (χ1n) is 5.96. The summed E-state index contributed by atoms with van der Waals surface area (Å²) in [6, 6.07) is 7.38. The molecule has 0 atom stereocenters. The molecule has 104 valence electrons. The molecule has 2 aromatic rings. The second kappa shape index (κ2) is 5.77. The van der Waals surface area contributed by atoms with Crippen LogP contribution in [0.5, 0.6) is 0 Å². The van der Waals surface area contributed by atoms with E-state index in [1.807, 2.05) is 0 Å². The summed E-state index contributed by atoms with van der Waals surface area (Å²) in [7, 11) is 0. The molecule has 0 saturated heterocycles.